The molecule has 21 heavy (non-hydrogen) atoms. The Morgan fingerprint density at radius 1 is 1.24 bits per heavy atom. The quantitative estimate of drug-likeness (QED) is 0.544. The summed E-state index contributed by atoms with van der Waals surface area (Å²) < 4.78 is 17.1. The van der Waals surface area contributed by atoms with E-state index in [2.05, 4.69) is 20.9 Å². The van der Waals surface area contributed by atoms with E-state index in [9.17, 15) is 4.39 Å². The third kappa shape index (κ3) is 2.58. The fourth-order valence-electron chi connectivity index (χ4n) is 2.39. The minimum absolute atomic E-state index is 0.282. The maximum absolute atomic E-state index is 14.4. The molecule has 0 radical (unpaired) electrons. The fraction of sp³-hybridized carbons (Fsp3) is 0.188. The van der Waals surface area contributed by atoms with Gasteiger partial charge in [0.25, 0.3) is 0 Å². The summed E-state index contributed by atoms with van der Waals surface area (Å²) in [5.74, 6) is 0.350. The number of nitrogens with zero attached hydrogens (tertiary/aromatic N) is 2. The number of rotatable bonds is 2. The maximum Gasteiger partial charge on any atom is 0.147 e. The molecule has 0 aliphatic rings. The fourth-order valence-corrected chi connectivity index (χ4v) is 2.88. The van der Waals surface area contributed by atoms with E-state index in [0.717, 1.165) is 21.1 Å². The first kappa shape index (κ1) is 14.5. The maximum atomic E-state index is 14.4. The van der Waals surface area contributed by atoms with E-state index in [1.807, 2.05) is 38.1 Å². The zero-order valence-corrected chi connectivity index (χ0v) is 13.9. The highest BCUT2D eigenvalue weighted by atomic mass is 79.9. The van der Waals surface area contributed by atoms with Crippen LogP contribution in [-0.4, -0.2) is 9.55 Å². The standard InChI is InChI=1S/C16H13BrClFN2/c1-9-3-5-14(12(19)7-9)21-15-6-4-11(17)8-13(15)20-16(21)10(2)18/h3-8,10H,1-2H3. The van der Waals surface area contributed by atoms with Gasteiger partial charge in [0.05, 0.1) is 22.1 Å². The van der Waals surface area contributed by atoms with Crippen LogP contribution in [0.5, 0.6) is 0 Å². The molecule has 0 N–H and O–H groups in total. The van der Waals surface area contributed by atoms with E-state index in [1.54, 1.807) is 10.6 Å². The molecule has 0 amide bonds. The van der Waals surface area contributed by atoms with E-state index in [1.165, 1.54) is 6.07 Å². The molecule has 2 nitrogen and oxygen atoms in total. The molecule has 1 aromatic heterocycles. The van der Waals surface area contributed by atoms with Crippen molar-refractivity contribution in [2.45, 2.75) is 19.2 Å². The summed E-state index contributed by atoms with van der Waals surface area (Å²) in [7, 11) is 0. The Balaban J connectivity index is 2.36. The van der Waals surface area contributed by atoms with Gasteiger partial charge in [0.2, 0.25) is 0 Å². The van der Waals surface area contributed by atoms with Crippen molar-refractivity contribution in [2.75, 3.05) is 0 Å². The molecule has 0 spiro atoms. The lowest BCUT2D eigenvalue weighted by molar-refractivity contribution is 0.615. The Kier molecular flexibility index (Phi) is 3.76. The van der Waals surface area contributed by atoms with Gasteiger partial charge in [0.15, 0.2) is 0 Å². The van der Waals surface area contributed by atoms with Crippen LogP contribution in [0.4, 0.5) is 4.39 Å². The Bertz CT molecular complexity index is 827. The van der Waals surface area contributed by atoms with Gasteiger partial charge in [0, 0.05) is 4.47 Å². The highest BCUT2D eigenvalue weighted by molar-refractivity contribution is 9.10. The SMILES string of the molecule is Cc1ccc(-n2c(C(C)Cl)nc3cc(Br)ccc32)c(F)c1. The number of alkyl halides is 1. The van der Waals surface area contributed by atoms with Crippen molar-refractivity contribution in [2.24, 2.45) is 0 Å². The Hall–Kier alpha value is -1.39. The first-order valence-electron chi connectivity index (χ1n) is 6.56. The average molecular weight is 368 g/mol. The molecular formula is C16H13BrClFN2. The molecule has 3 rings (SSSR count). The van der Waals surface area contributed by atoms with Crippen molar-refractivity contribution in [3.8, 4) is 5.69 Å². The summed E-state index contributed by atoms with van der Waals surface area (Å²) in [4.78, 5) is 4.55. The number of aromatic nitrogens is 2. The molecule has 2 aromatic carbocycles. The van der Waals surface area contributed by atoms with Crippen molar-refractivity contribution in [1.82, 2.24) is 9.55 Å². The average Bonchev–Trinajstić information content (AvgIpc) is 2.77. The topological polar surface area (TPSA) is 17.8 Å². The Labute approximate surface area is 135 Å². The van der Waals surface area contributed by atoms with E-state index in [0.29, 0.717) is 11.5 Å². The van der Waals surface area contributed by atoms with Crippen molar-refractivity contribution < 1.29 is 4.39 Å². The van der Waals surface area contributed by atoms with E-state index < -0.39 is 0 Å². The van der Waals surface area contributed by atoms with E-state index in [-0.39, 0.29) is 11.2 Å². The van der Waals surface area contributed by atoms with Gasteiger partial charge in [-0.05, 0) is 49.7 Å². The third-order valence-electron chi connectivity index (χ3n) is 3.34. The second-order valence-corrected chi connectivity index (χ2v) is 6.58. The minimum atomic E-state index is -0.322. The highest BCUT2D eigenvalue weighted by Gasteiger charge is 2.18. The van der Waals surface area contributed by atoms with Gasteiger partial charge in [-0.3, -0.25) is 4.57 Å². The Morgan fingerprint density at radius 2 is 2.00 bits per heavy atom. The monoisotopic (exact) mass is 366 g/mol. The predicted molar refractivity (Wildman–Crippen MR) is 87.7 cm³/mol. The van der Waals surface area contributed by atoms with Crippen molar-refractivity contribution in [3.63, 3.8) is 0 Å². The van der Waals surface area contributed by atoms with Crippen molar-refractivity contribution in [3.05, 3.63) is 58.1 Å². The van der Waals surface area contributed by atoms with Crippen LogP contribution in [0.15, 0.2) is 40.9 Å². The summed E-state index contributed by atoms with van der Waals surface area (Å²) >= 11 is 9.66. The zero-order valence-electron chi connectivity index (χ0n) is 11.6. The second kappa shape index (κ2) is 5.43. The molecule has 5 heteroatoms. The van der Waals surface area contributed by atoms with Gasteiger partial charge in [-0.1, -0.05) is 22.0 Å². The molecule has 0 saturated carbocycles. The van der Waals surface area contributed by atoms with Crippen LogP contribution in [0.25, 0.3) is 16.7 Å². The van der Waals surface area contributed by atoms with Gasteiger partial charge < -0.3 is 0 Å². The number of fused-ring (bicyclic) bond motifs is 1. The molecule has 1 atom stereocenters. The second-order valence-electron chi connectivity index (χ2n) is 5.01. The molecule has 1 heterocycles. The normalized spacial score (nSPS) is 12.8. The van der Waals surface area contributed by atoms with Crippen LogP contribution in [-0.2, 0) is 0 Å². The number of aryl methyl sites for hydroxylation is 1. The van der Waals surface area contributed by atoms with Crippen LogP contribution in [0.2, 0.25) is 0 Å². The van der Waals surface area contributed by atoms with E-state index >= 15 is 0 Å². The van der Waals surface area contributed by atoms with E-state index in [4.69, 9.17) is 11.6 Å². The summed E-state index contributed by atoms with van der Waals surface area (Å²) in [5.41, 5.74) is 2.96. The molecule has 0 bridgehead atoms. The van der Waals surface area contributed by atoms with Gasteiger partial charge >= 0.3 is 0 Å². The number of benzene rings is 2. The first-order chi connectivity index (χ1) is 9.97. The van der Waals surface area contributed by atoms with Crippen LogP contribution in [0, 0.1) is 12.7 Å². The molecule has 0 saturated heterocycles. The molecule has 108 valence electrons. The van der Waals surface area contributed by atoms with Gasteiger partial charge in [-0.25, -0.2) is 9.37 Å². The number of imidazole rings is 1. The zero-order chi connectivity index (χ0) is 15.1. The number of hydrogen-bond donors (Lipinski definition) is 0. The van der Waals surface area contributed by atoms with Crippen LogP contribution in [0.3, 0.4) is 0 Å². The van der Waals surface area contributed by atoms with Crippen molar-refractivity contribution in [1.29, 1.82) is 0 Å². The summed E-state index contributed by atoms with van der Waals surface area (Å²) in [5, 5.41) is -0.322. The van der Waals surface area contributed by atoms with Gasteiger partial charge in [0.1, 0.15) is 11.6 Å². The van der Waals surface area contributed by atoms with Crippen molar-refractivity contribution >= 4 is 38.6 Å². The van der Waals surface area contributed by atoms with Gasteiger partial charge in [-0.2, -0.15) is 0 Å². The van der Waals surface area contributed by atoms with Gasteiger partial charge in [-0.15, -0.1) is 11.6 Å². The van der Waals surface area contributed by atoms with Crippen LogP contribution in [0.1, 0.15) is 23.7 Å². The number of hydrogen-bond acceptors (Lipinski definition) is 1. The first-order valence-corrected chi connectivity index (χ1v) is 7.79. The molecule has 0 fully saturated rings. The molecular weight excluding hydrogens is 355 g/mol. The lowest BCUT2D eigenvalue weighted by atomic mass is 10.2. The molecule has 0 aliphatic heterocycles. The molecule has 3 aromatic rings. The minimum Gasteiger partial charge on any atom is -0.292 e. The van der Waals surface area contributed by atoms with Crippen LogP contribution >= 0.6 is 27.5 Å². The predicted octanol–water partition coefficient (Wildman–Crippen LogP) is 5.54. The Morgan fingerprint density at radius 3 is 2.67 bits per heavy atom. The summed E-state index contributed by atoms with van der Waals surface area (Å²) in [6, 6.07) is 10.9. The lowest BCUT2D eigenvalue weighted by Gasteiger charge is -2.12. The van der Waals surface area contributed by atoms with Crippen LogP contribution < -0.4 is 0 Å². The smallest absolute Gasteiger partial charge is 0.147 e. The third-order valence-corrected chi connectivity index (χ3v) is 4.03. The molecule has 1 unspecified atom stereocenters. The largest absolute Gasteiger partial charge is 0.292 e. The number of halogens is 3. The molecule has 0 aliphatic carbocycles. The lowest BCUT2D eigenvalue weighted by Crippen LogP contribution is -2.04. The summed E-state index contributed by atoms with van der Waals surface area (Å²) in [6.45, 7) is 3.70. The highest BCUT2D eigenvalue weighted by Crippen LogP contribution is 2.30. The summed E-state index contributed by atoms with van der Waals surface area (Å²) in [6.07, 6.45) is 0.